The van der Waals surface area contributed by atoms with Crippen LogP contribution in [0.25, 0.3) is 0 Å². The molecule has 1 aromatic rings. The van der Waals surface area contributed by atoms with Gasteiger partial charge in [-0.2, -0.15) is 0 Å². The summed E-state index contributed by atoms with van der Waals surface area (Å²) in [5.41, 5.74) is 3.04. The zero-order valence-electron chi connectivity index (χ0n) is 10.9. The number of ether oxygens (including phenoxy) is 1. The van der Waals surface area contributed by atoms with Crippen LogP contribution in [0.4, 0.5) is 0 Å². The van der Waals surface area contributed by atoms with E-state index < -0.39 is 0 Å². The summed E-state index contributed by atoms with van der Waals surface area (Å²) < 4.78 is 5.51. The van der Waals surface area contributed by atoms with E-state index in [0.717, 1.165) is 23.5 Å². The van der Waals surface area contributed by atoms with Crippen LogP contribution in [0.3, 0.4) is 0 Å². The van der Waals surface area contributed by atoms with Crippen LogP contribution in [0.15, 0.2) is 18.2 Å². The zero-order valence-corrected chi connectivity index (χ0v) is 10.9. The number of rotatable bonds is 2. The van der Waals surface area contributed by atoms with E-state index in [9.17, 15) is 0 Å². The lowest BCUT2D eigenvalue weighted by atomic mass is 9.74. The molecular weight excluding hydrogens is 208 g/mol. The fraction of sp³-hybridized carbons (Fsp3) is 0.625. The van der Waals surface area contributed by atoms with Gasteiger partial charge >= 0.3 is 0 Å². The van der Waals surface area contributed by atoms with Crippen LogP contribution in [0.5, 0.6) is 5.75 Å². The summed E-state index contributed by atoms with van der Waals surface area (Å²) >= 11 is 0. The molecule has 2 aliphatic carbocycles. The molecule has 1 heteroatoms. The molecular formula is C16H22O. The largest absolute Gasteiger partial charge is 0.496 e. The molecule has 0 radical (unpaired) electrons. The summed E-state index contributed by atoms with van der Waals surface area (Å²) in [5.74, 6) is 3.95. The number of fused-ring (bicyclic) bond motifs is 2. The normalized spacial score (nSPS) is 30.8. The molecule has 0 bridgehead atoms. The van der Waals surface area contributed by atoms with Crippen molar-refractivity contribution < 1.29 is 4.74 Å². The Morgan fingerprint density at radius 2 is 2.12 bits per heavy atom. The van der Waals surface area contributed by atoms with Crippen molar-refractivity contribution >= 4 is 0 Å². The molecule has 0 N–H and O–H groups in total. The minimum absolute atomic E-state index is 0.920. The second-order valence-electron chi connectivity index (χ2n) is 5.68. The Hall–Kier alpha value is -0.980. The Morgan fingerprint density at radius 3 is 2.88 bits per heavy atom. The fourth-order valence-electron chi connectivity index (χ4n) is 4.08. The van der Waals surface area contributed by atoms with E-state index in [1.807, 2.05) is 0 Å². The lowest BCUT2D eigenvalue weighted by molar-refractivity contribution is 0.280. The maximum absolute atomic E-state index is 5.51. The first kappa shape index (κ1) is 11.1. The SMILES string of the molecule is CCC1CCC2Cc3c(cccc3OC)CC12. The van der Waals surface area contributed by atoms with E-state index >= 15 is 0 Å². The van der Waals surface area contributed by atoms with Gasteiger partial charge in [0.25, 0.3) is 0 Å². The zero-order chi connectivity index (χ0) is 11.8. The standard InChI is InChI=1S/C16H22O/c1-3-11-7-8-13-10-15-12(9-14(11)13)5-4-6-16(15)17-2/h4-6,11,13-14H,3,7-10H2,1-2H3. The summed E-state index contributed by atoms with van der Waals surface area (Å²) in [7, 11) is 1.80. The van der Waals surface area contributed by atoms with Crippen molar-refractivity contribution in [1.29, 1.82) is 0 Å². The lowest BCUT2D eigenvalue weighted by Gasteiger charge is -2.31. The van der Waals surface area contributed by atoms with Crippen LogP contribution >= 0.6 is 0 Å². The molecule has 3 rings (SSSR count). The predicted molar refractivity (Wildman–Crippen MR) is 70.4 cm³/mol. The molecule has 1 fully saturated rings. The van der Waals surface area contributed by atoms with Crippen molar-refractivity contribution in [1.82, 2.24) is 0 Å². The lowest BCUT2D eigenvalue weighted by Crippen LogP contribution is -2.25. The maximum atomic E-state index is 5.51. The van der Waals surface area contributed by atoms with E-state index in [4.69, 9.17) is 4.74 Å². The van der Waals surface area contributed by atoms with Crippen LogP contribution in [0.1, 0.15) is 37.3 Å². The third-order valence-electron chi connectivity index (χ3n) is 5.02. The quantitative estimate of drug-likeness (QED) is 0.750. The molecule has 0 amide bonds. The van der Waals surface area contributed by atoms with Crippen LogP contribution < -0.4 is 4.74 Å². The number of benzene rings is 1. The van der Waals surface area contributed by atoms with Gasteiger partial charge in [0.2, 0.25) is 0 Å². The molecule has 1 saturated carbocycles. The van der Waals surface area contributed by atoms with Crippen molar-refractivity contribution in [3.05, 3.63) is 29.3 Å². The highest BCUT2D eigenvalue weighted by molar-refractivity contribution is 5.42. The molecule has 17 heavy (non-hydrogen) atoms. The molecule has 1 nitrogen and oxygen atoms in total. The van der Waals surface area contributed by atoms with E-state index in [0.29, 0.717) is 0 Å². The van der Waals surface area contributed by atoms with Gasteiger partial charge in [-0.3, -0.25) is 0 Å². The molecule has 0 aliphatic heterocycles. The number of methoxy groups -OCH3 is 1. The van der Waals surface area contributed by atoms with Crippen molar-refractivity contribution in [3.63, 3.8) is 0 Å². The molecule has 1 aromatic carbocycles. The summed E-state index contributed by atoms with van der Waals surface area (Å²) in [5, 5.41) is 0. The Kier molecular flexibility index (Phi) is 2.85. The maximum Gasteiger partial charge on any atom is 0.122 e. The Labute approximate surface area is 104 Å². The first-order valence-electron chi connectivity index (χ1n) is 6.98. The van der Waals surface area contributed by atoms with E-state index in [1.54, 1.807) is 12.7 Å². The average Bonchev–Trinajstić information content (AvgIpc) is 2.77. The van der Waals surface area contributed by atoms with Gasteiger partial charge in [0.1, 0.15) is 5.75 Å². The minimum Gasteiger partial charge on any atom is -0.496 e. The van der Waals surface area contributed by atoms with Gasteiger partial charge in [-0.05, 0) is 60.6 Å². The first-order chi connectivity index (χ1) is 8.33. The van der Waals surface area contributed by atoms with Crippen molar-refractivity contribution in [2.75, 3.05) is 7.11 Å². The predicted octanol–water partition coefficient (Wildman–Crippen LogP) is 3.85. The van der Waals surface area contributed by atoms with E-state index in [-0.39, 0.29) is 0 Å². The molecule has 0 heterocycles. The molecule has 0 spiro atoms. The highest BCUT2D eigenvalue weighted by atomic mass is 16.5. The second kappa shape index (κ2) is 4.36. The van der Waals surface area contributed by atoms with Crippen LogP contribution in [0, 0.1) is 17.8 Å². The summed E-state index contributed by atoms with van der Waals surface area (Å²) in [6, 6.07) is 6.57. The number of hydrogen-bond acceptors (Lipinski definition) is 1. The van der Waals surface area contributed by atoms with Crippen LogP contribution in [-0.4, -0.2) is 7.11 Å². The molecule has 3 atom stereocenters. The van der Waals surface area contributed by atoms with Crippen LogP contribution in [0.2, 0.25) is 0 Å². The summed E-state index contributed by atoms with van der Waals surface area (Å²) in [4.78, 5) is 0. The van der Waals surface area contributed by atoms with Gasteiger partial charge in [0.15, 0.2) is 0 Å². The highest BCUT2D eigenvalue weighted by Crippen LogP contribution is 2.47. The Morgan fingerprint density at radius 1 is 1.24 bits per heavy atom. The highest BCUT2D eigenvalue weighted by Gasteiger charge is 2.38. The van der Waals surface area contributed by atoms with Crippen molar-refractivity contribution in [2.45, 2.75) is 39.0 Å². The monoisotopic (exact) mass is 230 g/mol. The van der Waals surface area contributed by atoms with Gasteiger partial charge in [-0.1, -0.05) is 25.5 Å². The number of hydrogen-bond donors (Lipinski definition) is 0. The third kappa shape index (κ3) is 1.76. The van der Waals surface area contributed by atoms with E-state index in [1.165, 1.54) is 37.7 Å². The van der Waals surface area contributed by atoms with E-state index in [2.05, 4.69) is 25.1 Å². The van der Waals surface area contributed by atoms with Gasteiger partial charge in [-0.15, -0.1) is 0 Å². The molecule has 3 unspecified atom stereocenters. The van der Waals surface area contributed by atoms with Gasteiger partial charge < -0.3 is 4.74 Å². The summed E-state index contributed by atoms with van der Waals surface area (Å²) in [6.45, 7) is 2.36. The minimum atomic E-state index is 0.920. The molecule has 0 aromatic heterocycles. The first-order valence-corrected chi connectivity index (χ1v) is 6.98. The van der Waals surface area contributed by atoms with Crippen molar-refractivity contribution in [3.8, 4) is 5.75 Å². The van der Waals surface area contributed by atoms with Crippen molar-refractivity contribution in [2.24, 2.45) is 17.8 Å². The van der Waals surface area contributed by atoms with Gasteiger partial charge in [-0.25, -0.2) is 0 Å². The Balaban J connectivity index is 1.93. The Bertz CT molecular complexity index is 410. The second-order valence-corrected chi connectivity index (χ2v) is 5.68. The van der Waals surface area contributed by atoms with Gasteiger partial charge in [0.05, 0.1) is 7.11 Å². The van der Waals surface area contributed by atoms with Crippen LogP contribution in [-0.2, 0) is 12.8 Å². The topological polar surface area (TPSA) is 9.23 Å². The smallest absolute Gasteiger partial charge is 0.122 e. The average molecular weight is 230 g/mol. The fourth-order valence-corrected chi connectivity index (χ4v) is 4.08. The third-order valence-corrected chi connectivity index (χ3v) is 5.02. The molecule has 0 saturated heterocycles. The summed E-state index contributed by atoms with van der Waals surface area (Å²) in [6.07, 6.45) is 6.78. The molecule has 92 valence electrons. The molecule has 2 aliphatic rings. The van der Waals surface area contributed by atoms with Gasteiger partial charge in [0, 0.05) is 0 Å².